The van der Waals surface area contributed by atoms with Gasteiger partial charge >= 0.3 is 0 Å². The van der Waals surface area contributed by atoms with E-state index < -0.39 is 0 Å². The summed E-state index contributed by atoms with van der Waals surface area (Å²) in [4.78, 5) is 4.20. The van der Waals surface area contributed by atoms with Crippen LogP contribution in [0.15, 0.2) is 43.0 Å². The molecule has 32 heavy (non-hydrogen) atoms. The van der Waals surface area contributed by atoms with E-state index in [1.54, 1.807) is 16.9 Å². The summed E-state index contributed by atoms with van der Waals surface area (Å²) in [5, 5.41) is 13.3. The highest BCUT2D eigenvalue weighted by Crippen LogP contribution is 2.35. The Kier molecular flexibility index (Phi) is 6.77. The molecule has 1 unspecified atom stereocenters. The summed E-state index contributed by atoms with van der Waals surface area (Å²) in [5.74, 6) is 0.676. The second-order valence-electron chi connectivity index (χ2n) is 7.57. The Morgan fingerprint density at radius 2 is 2.06 bits per heavy atom. The Labute approximate surface area is 193 Å². The Morgan fingerprint density at radius 3 is 2.84 bits per heavy atom. The Hall–Kier alpha value is -2.90. The lowest BCUT2D eigenvalue weighted by Crippen LogP contribution is -2.17. The fourth-order valence-electron chi connectivity index (χ4n) is 4.02. The van der Waals surface area contributed by atoms with Crippen molar-refractivity contribution in [3.05, 3.63) is 64.8 Å². The molecule has 0 aliphatic carbocycles. The molecule has 5 heterocycles. The molecule has 4 aromatic rings. The number of pyridine rings is 2. The van der Waals surface area contributed by atoms with Crippen LogP contribution in [0.3, 0.4) is 0 Å². The van der Waals surface area contributed by atoms with Gasteiger partial charge in [0.15, 0.2) is 0 Å². The molecule has 4 aromatic heterocycles. The maximum absolute atomic E-state index is 6.44. The lowest BCUT2D eigenvalue weighted by atomic mass is 10.1. The van der Waals surface area contributed by atoms with Gasteiger partial charge in [-0.2, -0.15) is 10.2 Å². The van der Waals surface area contributed by atoms with Gasteiger partial charge in [-0.15, -0.1) is 0 Å². The molecule has 0 saturated heterocycles. The van der Waals surface area contributed by atoms with Crippen molar-refractivity contribution in [2.45, 2.75) is 46.8 Å². The summed E-state index contributed by atoms with van der Waals surface area (Å²) in [5.41, 5.74) is 6.14. The first-order chi connectivity index (χ1) is 15.6. The summed E-state index contributed by atoms with van der Waals surface area (Å²) < 4.78 is 10.2. The van der Waals surface area contributed by atoms with Crippen molar-refractivity contribution < 1.29 is 4.74 Å². The molecule has 168 valence electrons. The van der Waals surface area contributed by atoms with Gasteiger partial charge in [0.25, 0.3) is 0 Å². The quantitative estimate of drug-likeness (QED) is 0.478. The van der Waals surface area contributed by atoms with E-state index >= 15 is 0 Å². The van der Waals surface area contributed by atoms with E-state index in [0.29, 0.717) is 10.8 Å². The van der Waals surface area contributed by atoms with Gasteiger partial charge in [-0.25, -0.2) is 4.52 Å². The highest BCUT2D eigenvalue weighted by molar-refractivity contribution is 6.34. The maximum Gasteiger partial charge on any atom is 0.148 e. The third-order valence-electron chi connectivity index (χ3n) is 5.62. The van der Waals surface area contributed by atoms with Crippen molar-refractivity contribution in [3.63, 3.8) is 0 Å². The molecule has 0 saturated carbocycles. The molecule has 1 aliphatic heterocycles. The first-order valence-corrected chi connectivity index (χ1v) is 11.5. The van der Waals surface area contributed by atoms with E-state index in [0.717, 1.165) is 48.4 Å². The molecule has 5 rings (SSSR count). The van der Waals surface area contributed by atoms with E-state index in [1.165, 1.54) is 11.3 Å². The van der Waals surface area contributed by atoms with Crippen LogP contribution in [0.1, 0.15) is 43.7 Å². The minimum absolute atomic E-state index is 0.186. The number of aromatic nitrogens is 5. The lowest BCUT2D eigenvalue weighted by molar-refractivity contribution is 0.228. The van der Waals surface area contributed by atoms with Crippen molar-refractivity contribution in [1.29, 1.82) is 0 Å². The molecule has 8 heteroatoms. The van der Waals surface area contributed by atoms with Gasteiger partial charge in [-0.3, -0.25) is 9.67 Å². The predicted octanol–water partition coefficient (Wildman–Crippen LogP) is 4.87. The molecule has 1 atom stereocenters. The van der Waals surface area contributed by atoms with Crippen LogP contribution in [-0.2, 0) is 13.0 Å². The maximum atomic E-state index is 6.44. The van der Waals surface area contributed by atoms with Crippen LogP contribution in [-0.4, -0.2) is 37.5 Å². The van der Waals surface area contributed by atoms with Crippen LogP contribution in [0.5, 0.6) is 5.75 Å². The van der Waals surface area contributed by atoms with Gasteiger partial charge < -0.3 is 10.1 Å². The average Bonchev–Trinajstić information content (AvgIpc) is 3.24. The SMILES string of the molecule is CC.Cc1c(-c2cc(OC(C)c3cccnc3)c3c(Cl)cnn3c2)nn2c1CCNCC2. The summed E-state index contributed by atoms with van der Waals surface area (Å²) >= 11 is 6.44. The third kappa shape index (κ3) is 4.23. The highest BCUT2D eigenvalue weighted by Gasteiger charge is 2.21. The van der Waals surface area contributed by atoms with E-state index in [2.05, 4.69) is 27.0 Å². The van der Waals surface area contributed by atoms with Crippen LogP contribution in [0.25, 0.3) is 16.8 Å². The number of halogens is 1. The van der Waals surface area contributed by atoms with Crippen molar-refractivity contribution in [2.75, 3.05) is 13.1 Å². The van der Waals surface area contributed by atoms with Crippen LogP contribution in [0.4, 0.5) is 0 Å². The lowest BCUT2D eigenvalue weighted by Gasteiger charge is -2.16. The van der Waals surface area contributed by atoms with Crippen molar-refractivity contribution >= 4 is 17.1 Å². The van der Waals surface area contributed by atoms with Gasteiger partial charge in [-0.1, -0.05) is 31.5 Å². The second-order valence-corrected chi connectivity index (χ2v) is 7.98. The van der Waals surface area contributed by atoms with Crippen LogP contribution in [0, 0.1) is 6.92 Å². The zero-order valence-electron chi connectivity index (χ0n) is 19.0. The van der Waals surface area contributed by atoms with Crippen molar-refractivity contribution in [2.24, 2.45) is 0 Å². The molecular weight excluding hydrogens is 424 g/mol. The number of hydrogen-bond donors (Lipinski definition) is 1. The first kappa shape index (κ1) is 22.3. The highest BCUT2D eigenvalue weighted by atomic mass is 35.5. The second kappa shape index (κ2) is 9.71. The summed E-state index contributed by atoms with van der Waals surface area (Å²) in [6.07, 6.45) is 7.96. The number of nitrogens with zero attached hydrogens (tertiary/aromatic N) is 5. The molecule has 1 aliphatic rings. The number of hydrogen-bond acceptors (Lipinski definition) is 5. The Morgan fingerprint density at radius 1 is 1.22 bits per heavy atom. The fraction of sp³-hybridized carbons (Fsp3) is 0.375. The summed E-state index contributed by atoms with van der Waals surface area (Å²) in [6, 6.07) is 5.92. The number of nitrogens with one attached hydrogen (secondary N) is 1. The fourth-order valence-corrected chi connectivity index (χ4v) is 4.24. The third-order valence-corrected chi connectivity index (χ3v) is 5.90. The summed E-state index contributed by atoms with van der Waals surface area (Å²) in [7, 11) is 0. The molecule has 1 N–H and O–H groups in total. The van der Waals surface area contributed by atoms with E-state index in [4.69, 9.17) is 21.4 Å². The van der Waals surface area contributed by atoms with E-state index in [1.807, 2.05) is 51.4 Å². The smallest absolute Gasteiger partial charge is 0.148 e. The van der Waals surface area contributed by atoms with Gasteiger partial charge in [0.2, 0.25) is 0 Å². The van der Waals surface area contributed by atoms with Crippen molar-refractivity contribution in [1.82, 2.24) is 29.7 Å². The monoisotopic (exact) mass is 452 g/mol. The number of rotatable bonds is 4. The van der Waals surface area contributed by atoms with Crippen LogP contribution in [0.2, 0.25) is 5.02 Å². The van der Waals surface area contributed by atoms with Crippen LogP contribution >= 0.6 is 11.6 Å². The molecule has 0 aromatic carbocycles. The zero-order valence-corrected chi connectivity index (χ0v) is 19.7. The molecule has 0 bridgehead atoms. The molecule has 0 fully saturated rings. The molecule has 0 radical (unpaired) electrons. The predicted molar refractivity (Wildman–Crippen MR) is 127 cm³/mol. The van der Waals surface area contributed by atoms with Gasteiger partial charge in [-0.05, 0) is 31.5 Å². The van der Waals surface area contributed by atoms with Gasteiger partial charge in [0.1, 0.15) is 17.4 Å². The summed E-state index contributed by atoms with van der Waals surface area (Å²) in [6.45, 7) is 10.9. The van der Waals surface area contributed by atoms with Crippen molar-refractivity contribution in [3.8, 4) is 17.0 Å². The molecule has 7 nitrogen and oxygen atoms in total. The van der Waals surface area contributed by atoms with Gasteiger partial charge in [0.05, 0.1) is 23.5 Å². The normalized spacial score (nSPS) is 14.3. The number of ether oxygens (including phenoxy) is 1. The average molecular weight is 453 g/mol. The Balaban J connectivity index is 0.00000119. The van der Waals surface area contributed by atoms with E-state index in [-0.39, 0.29) is 6.10 Å². The minimum Gasteiger partial charge on any atom is -0.484 e. The Bertz CT molecular complexity index is 1200. The molecular formula is C24H29ClN6O. The number of fused-ring (bicyclic) bond motifs is 2. The zero-order chi connectivity index (χ0) is 22.7. The van der Waals surface area contributed by atoms with Crippen LogP contribution < -0.4 is 10.1 Å². The topological polar surface area (TPSA) is 69.3 Å². The molecule has 0 spiro atoms. The minimum atomic E-state index is -0.186. The standard InChI is InChI=1S/C22H23ClN6O.C2H6/c1-14-19-5-7-24-8-9-28(19)27-21(14)17-10-20(22-18(23)12-26-29(22)13-17)30-15(2)16-4-3-6-25-11-16;1-2/h3-4,6,10-13,15,24H,5,7-9H2,1-2H3;1-2H3. The first-order valence-electron chi connectivity index (χ1n) is 11.1. The van der Waals surface area contributed by atoms with E-state index in [9.17, 15) is 0 Å². The molecule has 0 amide bonds. The largest absolute Gasteiger partial charge is 0.484 e. The van der Waals surface area contributed by atoms with Gasteiger partial charge in [0, 0.05) is 54.9 Å².